The fourth-order valence-corrected chi connectivity index (χ4v) is 5.27. The summed E-state index contributed by atoms with van der Waals surface area (Å²) >= 11 is 0. The van der Waals surface area contributed by atoms with Crippen LogP contribution in [-0.2, 0) is 0 Å². The Morgan fingerprint density at radius 1 is 0.424 bits per heavy atom. The summed E-state index contributed by atoms with van der Waals surface area (Å²) in [5.74, 6) is 5.50. The molecule has 2 atom stereocenters. The lowest BCUT2D eigenvalue weighted by atomic mass is 9.87. The van der Waals surface area contributed by atoms with Crippen LogP contribution in [0.2, 0.25) is 0 Å². The van der Waals surface area contributed by atoms with E-state index in [4.69, 9.17) is 0 Å². The molecule has 0 aliphatic carbocycles. The van der Waals surface area contributed by atoms with Crippen LogP contribution in [0.3, 0.4) is 0 Å². The van der Waals surface area contributed by atoms with Crippen LogP contribution >= 0.6 is 0 Å². The van der Waals surface area contributed by atoms with Gasteiger partial charge in [-0.1, -0.05) is 41.5 Å². The molecule has 3 aliphatic rings. The molecule has 3 aliphatic heterocycles. The first kappa shape index (κ1) is 30.9. The number of hydrogen-bond acceptors (Lipinski definition) is 3. The molecule has 3 nitrogen and oxygen atoms in total. The monoisotopic (exact) mass is 466 g/mol. The molecule has 33 heavy (non-hydrogen) atoms. The number of likely N-dealkylation sites (tertiary alicyclic amines) is 3. The quantitative estimate of drug-likeness (QED) is 0.413. The first-order chi connectivity index (χ1) is 15.3. The van der Waals surface area contributed by atoms with Gasteiger partial charge in [-0.25, -0.2) is 0 Å². The maximum Gasteiger partial charge on any atom is 0.00388 e. The van der Waals surface area contributed by atoms with Gasteiger partial charge in [0.2, 0.25) is 0 Å². The Hall–Kier alpha value is -0.120. The molecule has 198 valence electrons. The van der Waals surface area contributed by atoms with E-state index in [1.807, 2.05) is 0 Å². The van der Waals surface area contributed by atoms with Gasteiger partial charge in [0.05, 0.1) is 0 Å². The van der Waals surface area contributed by atoms with E-state index in [0.29, 0.717) is 0 Å². The van der Waals surface area contributed by atoms with Crippen LogP contribution in [0.25, 0.3) is 0 Å². The van der Waals surface area contributed by atoms with Crippen LogP contribution in [0.5, 0.6) is 0 Å². The van der Waals surface area contributed by atoms with Crippen LogP contribution in [-0.4, -0.2) is 72.1 Å². The lowest BCUT2D eigenvalue weighted by molar-refractivity contribution is 0.0408. The van der Waals surface area contributed by atoms with Crippen molar-refractivity contribution in [3.63, 3.8) is 0 Å². The van der Waals surface area contributed by atoms with E-state index < -0.39 is 0 Å². The highest BCUT2D eigenvalue weighted by molar-refractivity contribution is 4.83. The zero-order valence-electron chi connectivity index (χ0n) is 24.9. The summed E-state index contributed by atoms with van der Waals surface area (Å²) in [5, 5.41) is 0. The molecule has 3 rings (SSSR count). The van der Waals surface area contributed by atoms with Gasteiger partial charge in [0.1, 0.15) is 0 Å². The van der Waals surface area contributed by atoms with Gasteiger partial charge in [-0.3, -0.25) is 0 Å². The van der Waals surface area contributed by atoms with Crippen LogP contribution in [0, 0.1) is 35.5 Å². The molecule has 0 aromatic rings. The van der Waals surface area contributed by atoms with E-state index in [1.54, 1.807) is 0 Å². The molecule has 0 aromatic carbocycles. The molecule has 0 radical (unpaired) electrons. The van der Waals surface area contributed by atoms with E-state index in [1.165, 1.54) is 58.5 Å². The first-order valence-electron chi connectivity index (χ1n) is 14.5. The molecule has 0 aromatic heterocycles. The topological polar surface area (TPSA) is 9.72 Å². The fraction of sp³-hybridized carbons (Fsp3) is 1.00. The number of rotatable bonds is 6. The van der Waals surface area contributed by atoms with Gasteiger partial charge in [-0.15, -0.1) is 0 Å². The Bertz CT molecular complexity index is 451. The van der Waals surface area contributed by atoms with E-state index in [0.717, 1.165) is 53.6 Å². The number of hydrogen-bond donors (Lipinski definition) is 0. The second-order valence-corrected chi connectivity index (χ2v) is 13.2. The summed E-state index contributed by atoms with van der Waals surface area (Å²) in [6.45, 7) is 35.7. The van der Waals surface area contributed by atoms with Crippen LogP contribution in [0.15, 0.2) is 0 Å². The molecule has 0 saturated carbocycles. The molecular weight excluding hydrogens is 402 g/mol. The summed E-state index contributed by atoms with van der Waals surface area (Å²) in [6.07, 6.45) is 4.26. The molecule has 0 spiro atoms. The highest BCUT2D eigenvalue weighted by Gasteiger charge is 2.30. The summed E-state index contributed by atoms with van der Waals surface area (Å²) in [4.78, 5) is 7.74. The molecule has 3 heterocycles. The SMILES string of the molecule is CC(C)C1CCCN(C(C)C)C1.CC(C)C1CCN(C(C)C)C1.CC(C)C1CN(C(C)C)C1. The predicted octanol–water partition coefficient (Wildman–Crippen LogP) is 7.12. The van der Waals surface area contributed by atoms with Crippen molar-refractivity contribution in [3.05, 3.63) is 0 Å². The average molecular weight is 466 g/mol. The van der Waals surface area contributed by atoms with E-state index in [9.17, 15) is 0 Å². The van der Waals surface area contributed by atoms with Crippen molar-refractivity contribution in [1.82, 2.24) is 14.7 Å². The third kappa shape index (κ3) is 11.0. The third-order valence-electron chi connectivity index (χ3n) is 8.70. The maximum atomic E-state index is 2.62. The summed E-state index contributed by atoms with van der Waals surface area (Å²) < 4.78 is 0. The van der Waals surface area contributed by atoms with Crippen molar-refractivity contribution in [2.45, 2.75) is 120 Å². The largest absolute Gasteiger partial charge is 0.301 e. The summed E-state index contributed by atoms with van der Waals surface area (Å²) in [7, 11) is 0. The van der Waals surface area contributed by atoms with Crippen LogP contribution < -0.4 is 0 Å². The summed E-state index contributed by atoms with van der Waals surface area (Å²) in [5.41, 5.74) is 0. The van der Waals surface area contributed by atoms with E-state index >= 15 is 0 Å². The normalized spacial score (nSPS) is 25.6. The molecule has 0 amide bonds. The molecule has 3 heteroatoms. The van der Waals surface area contributed by atoms with Crippen molar-refractivity contribution >= 4 is 0 Å². The van der Waals surface area contributed by atoms with Crippen molar-refractivity contribution in [3.8, 4) is 0 Å². The smallest absolute Gasteiger partial charge is 0.00388 e. The van der Waals surface area contributed by atoms with Gasteiger partial charge in [0.15, 0.2) is 0 Å². The lowest BCUT2D eigenvalue weighted by Crippen LogP contribution is -2.51. The molecule has 0 bridgehead atoms. The van der Waals surface area contributed by atoms with Crippen LogP contribution in [0.4, 0.5) is 0 Å². The van der Waals surface area contributed by atoms with Gasteiger partial charge in [-0.2, -0.15) is 0 Å². The van der Waals surface area contributed by atoms with Crippen molar-refractivity contribution in [2.75, 3.05) is 39.3 Å². The van der Waals surface area contributed by atoms with Crippen molar-refractivity contribution in [2.24, 2.45) is 35.5 Å². The van der Waals surface area contributed by atoms with E-state index in [-0.39, 0.29) is 0 Å². The standard InChI is InChI=1S/C11H23N.C10H21N.C9H19N/c1-9(2)11-6-5-7-12(8-11)10(3)4;1-8(2)10-5-6-11(7-10)9(3)4;1-7(2)9-5-10(6-9)8(3)4/h9-11H,5-8H2,1-4H3;8-10H,5-7H2,1-4H3;7-9H,5-6H2,1-4H3. The maximum absolute atomic E-state index is 2.62. The third-order valence-corrected chi connectivity index (χ3v) is 8.70. The number of piperidine rings is 1. The Labute approximate surface area is 210 Å². The average Bonchev–Trinajstić information content (AvgIpc) is 3.18. The Kier molecular flexibility index (Phi) is 14.1. The molecule has 0 N–H and O–H groups in total. The lowest BCUT2D eigenvalue weighted by Gasteiger charge is -2.44. The fourth-order valence-electron chi connectivity index (χ4n) is 5.27. The van der Waals surface area contributed by atoms with Gasteiger partial charge < -0.3 is 14.7 Å². The summed E-state index contributed by atoms with van der Waals surface area (Å²) in [6, 6.07) is 2.25. The Morgan fingerprint density at radius 3 is 1.12 bits per heavy atom. The minimum atomic E-state index is 0.742. The number of nitrogens with zero attached hydrogens (tertiary/aromatic N) is 3. The van der Waals surface area contributed by atoms with Gasteiger partial charge >= 0.3 is 0 Å². The second kappa shape index (κ2) is 15.1. The van der Waals surface area contributed by atoms with Gasteiger partial charge in [-0.05, 0) is 109 Å². The van der Waals surface area contributed by atoms with E-state index in [2.05, 4.69) is 97.8 Å². The van der Waals surface area contributed by atoms with Gasteiger partial charge in [0.25, 0.3) is 0 Å². The second-order valence-electron chi connectivity index (χ2n) is 13.2. The van der Waals surface area contributed by atoms with Crippen molar-refractivity contribution in [1.29, 1.82) is 0 Å². The minimum Gasteiger partial charge on any atom is -0.301 e. The molecule has 3 fully saturated rings. The highest BCUT2D eigenvalue weighted by Crippen LogP contribution is 2.26. The van der Waals surface area contributed by atoms with Crippen LogP contribution in [0.1, 0.15) is 102 Å². The highest BCUT2D eigenvalue weighted by atomic mass is 15.2. The predicted molar refractivity (Wildman–Crippen MR) is 149 cm³/mol. The zero-order chi connectivity index (χ0) is 25.3. The Morgan fingerprint density at radius 2 is 0.788 bits per heavy atom. The molecular formula is C30H63N3. The molecule has 2 unspecified atom stereocenters. The Balaban J connectivity index is 0.000000249. The first-order valence-corrected chi connectivity index (χ1v) is 14.5. The minimum absolute atomic E-state index is 0.742. The van der Waals surface area contributed by atoms with Gasteiger partial charge in [0, 0.05) is 44.3 Å². The zero-order valence-corrected chi connectivity index (χ0v) is 24.9. The molecule has 3 saturated heterocycles. The van der Waals surface area contributed by atoms with Crippen molar-refractivity contribution < 1.29 is 0 Å².